The predicted octanol–water partition coefficient (Wildman–Crippen LogP) is 4.19. The average molecular weight is 410 g/mol. The second-order valence-corrected chi connectivity index (χ2v) is 8.67. The summed E-state index contributed by atoms with van der Waals surface area (Å²) in [6.07, 6.45) is 8.79. The zero-order valence-electron chi connectivity index (χ0n) is 17.6. The molecule has 2 aliphatic carbocycles. The Morgan fingerprint density at radius 2 is 1.70 bits per heavy atom. The Kier molecular flexibility index (Phi) is 6.53. The van der Waals surface area contributed by atoms with Crippen LogP contribution in [0.4, 0.5) is 5.69 Å². The third kappa shape index (κ3) is 5.30. The van der Waals surface area contributed by atoms with Crippen molar-refractivity contribution < 1.29 is 14.0 Å². The molecular formula is C24H31N3O3. The molecule has 6 heteroatoms. The van der Waals surface area contributed by atoms with Gasteiger partial charge >= 0.3 is 0 Å². The standard InChI is InChI=1S/C24H31N3O3/c1-17-8-10-18(11-9-17)27(19-12-13-19)16-23(28)26-22-7-3-2-6-21(22)24(29)25-15-20-5-4-14-30-20/h2-7,14,17-19H,8-13,15-16H2,1H3,(H,25,29)(H,26,28). The Morgan fingerprint density at radius 3 is 2.37 bits per heavy atom. The highest BCUT2D eigenvalue weighted by molar-refractivity contribution is 6.04. The van der Waals surface area contributed by atoms with Gasteiger partial charge in [-0.25, -0.2) is 0 Å². The third-order valence-electron chi connectivity index (χ3n) is 6.25. The molecule has 2 aliphatic rings. The SMILES string of the molecule is CC1CCC(N(CC(=O)Nc2ccccc2C(=O)NCc2ccco2)C2CC2)CC1. The van der Waals surface area contributed by atoms with Gasteiger partial charge in [-0.15, -0.1) is 0 Å². The molecule has 2 saturated carbocycles. The van der Waals surface area contributed by atoms with Gasteiger partial charge in [0.1, 0.15) is 5.76 Å². The lowest BCUT2D eigenvalue weighted by atomic mass is 9.86. The topological polar surface area (TPSA) is 74.6 Å². The van der Waals surface area contributed by atoms with E-state index in [1.54, 1.807) is 30.5 Å². The van der Waals surface area contributed by atoms with E-state index in [-0.39, 0.29) is 11.8 Å². The largest absolute Gasteiger partial charge is 0.467 e. The zero-order valence-corrected chi connectivity index (χ0v) is 17.6. The number of hydrogen-bond donors (Lipinski definition) is 2. The lowest BCUT2D eigenvalue weighted by Crippen LogP contribution is -2.44. The van der Waals surface area contributed by atoms with Crippen LogP contribution in [-0.4, -0.2) is 35.3 Å². The summed E-state index contributed by atoms with van der Waals surface area (Å²) in [5.74, 6) is 1.20. The third-order valence-corrected chi connectivity index (χ3v) is 6.25. The first-order valence-electron chi connectivity index (χ1n) is 11.1. The molecule has 4 rings (SSSR count). The van der Waals surface area contributed by atoms with Gasteiger partial charge in [0, 0.05) is 12.1 Å². The summed E-state index contributed by atoms with van der Waals surface area (Å²) in [7, 11) is 0. The molecule has 0 saturated heterocycles. The quantitative estimate of drug-likeness (QED) is 0.686. The maximum absolute atomic E-state index is 12.9. The second-order valence-electron chi connectivity index (χ2n) is 8.67. The second kappa shape index (κ2) is 9.47. The number of nitrogens with zero attached hydrogens (tertiary/aromatic N) is 1. The summed E-state index contributed by atoms with van der Waals surface area (Å²) in [6, 6.07) is 11.8. The molecule has 0 atom stereocenters. The van der Waals surface area contributed by atoms with Gasteiger partial charge < -0.3 is 15.1 Å². The number of para-hydroxylation sites is 1. The normalized spacial score (nSPS) is 21.4. The summed E-state index contributed by atoms with van der Waals surface area (Å²) in [6.45, 7) is 3.02. The van der Waals surface area contributed by atoms with Crippen molar-refractivity contribution in [3.05, 3.63) is 54.0 Å². The number of amides is 2. The Balaban J connectivity index is 1.37. The molecule has 1 aromatic carbocycles. The number of benzene rings is 1. The van der Waals surface area contributed by atoms with Gasteiger partial charge in [0.05, 0.1) is 30.6 Å². The molecule has 2 amide bonds. The van der Waals surface area contributed by atoms with Crippen molar-refractivity contribution in [1.29, 1.82) is 0 Å². The Labute approximate surface area is 178 Å². The Morgan fingerprint density at radius 1 is 1.00 bits per heavy atom. The number of anilines is 1. The van der Waals surface area contributed by atoms with Crippen LogP contribution >= 0.6 is 0 Å². The minimum atomic E-state index is -0.234. The van der Waals surface area contributed by atoms with Crippen LogP contribution in [0.15, 0.2) is 47.1 Å². The number of carbonyl (C=O) groups excluding carboxylic acids is 2. The van der Waals surface area contributed by atoms with Crippen LogP contribution in [0.25, 0.3) is 0 Å². The molecular weight excluding hydrogens is 378 g/mol. The smallest absolute Gasteiger partial charge is 0.253 e. The summed E-state index contributed by atoms with van der Waals surface area (Å²) in [5, 5.41) is 5.83. The zero-order chi connectivity index (χ0) is 20.9. The van der Waals surface area contributed by atoms with E-state index in [0.717, 1.165) is 5.92 Å². The fourth-order valence-electron chi connectivity index (χ4n) is 4.36. The van der Waals surface area contributed by atoms with E-state index >= 15 is 0 Å². The van der Waals surface area contributed by atoms with Crippen molar-refractivity contribution in [2.45, 2.75) is 64.1 Å². The minimum Gasteiger partial charge on any atom is -0.467 e. The average Bonchev–Trinajstić information content (AvgIpc) is 3.46. The van der Waals surface area contributed by atoms with Gasteiger partial charge in [0.2, 0.25) is 5.91 Å². The summed E-state index contributed by atoms with van der Waals surface area (Å²) in [4.78, 5) is 27.9. The number of furan rings is 1. The van der Waals surface area contributed by atoms with Crippen molar-refractivity contribution in [2.75, 3.05) is 11.9 Å². The fourth-order valence-corrected chi connectivity index (χ4v) is 4.36. The highest BCUT2D eigenvalue weighted by atomic mass is 16.3. The van der Waals surface area contributed by atoms with Crippen LogP contribution in [0.1, 0.15) is 61.6 Å². The lowest BCUT2D eigenvalue weighted by molar-refractivity contribution is -0.118. The van der Waals surface area contributed by atoms with Crippen LogP contribution in [0.3, 0.4) is 0 Å². The molecule has 2 N–H and O–H groups in total. The van der Waals surface area contributed by atoms with Crippen molar-refractivity contribution in [3.8, 4) is 0 Å². The Hall–Kier alpha value is -2.60. The van der Waals surface area contributed by atoms with Gasteiger partial charge in [-0.2, -0.15) is 0 Å². The van der Waals surface area contributed by atoms with Gasteiger partial charge in [-0.1, -0.05) is 19.1 Å². The number of rotatable bonds is 8. The van der Waals surface area contributed by atoms with Crippen LogP contribution in [0, 0.1) is 5.92 Å². The first-order valence-corrected chi connectivity index (χ1v) is 11.1. The van der Waals surface area contributed by atoms with Crippen molar-refractivity contribution in [2.24, 2.45) is 5.92 Å². The molecule has 0 spiro atoms. The summed E-state index contributed by atoms with van der Waals surface area (Å²) >= 11 is 0. The molecule has 1 heterocycles. The predicted molar refractivity (Wildman–Crippen MR) is 116 cm³/mol. The van der Waals surface area contributed by atoms with E-state index in [4.69, 9.17) is 4.42 Å². The maximum Gasteiger partial charge on any atom is 0.253 e. The van der Waals surface area contributed by atoms with Crippen LogP contribution in [-0.2, 0) is 11.3 Å². The van der Waals surface area contributed by atoms with Gasteiger partial charge in [-0.05, 0) is 68.7 Å². The molecule has 2 fully saturated rings. The first-order chi connectivity index (χ1) is 14.6. The number of hydrogen-bond acceptors (Lipinski definition) is 4. The molecule has 1 aromatic heterocycles. The molecule has 30 heavy (non-hydrogen) atoms. The molecule has 160 valence electrons. The van der Waals surface area contributed by atoms with E-state index in [2.05, 4.69) is 22.5 Å². The van der Waals surface area contributed by atoms with E-state index in [1.807, 2.05) is 12.1 Å². The molecule has 2 aromatic rings. The van der Waals surface area contributed by atoms with Gasteiger partial charge in [0.15, 0.2) is 0 Å². The summed E-state index contributed by atoms with van der Waals surface area (Å²) < 4.78 is 5.26. The minimum absolute atomic E-state index is 0.0493. The Bertz CT molecular complexity index is 852. The van der Waals surface area contributed by atoms with Crippen LogP contribution in [0.2, 0.25) is 0 Å². The summed E-state index contributed by atoms with van der Waals surface area (Å²) in [5.41, 5.74) is 1.01. The highest BCUT2D eigenvalue weighted by Crippen LogP contribution is 2.35. The van der Waals surface area contributed by atoms with Gasteiger partial charge in [0.25, 0.3) is 5.91 Å². The fraction of sp³-hybridized carbons (Fsp3) is 0.500. The van der Waals surface area contributed by atoms with Crippen molar-refractivity contribution in [1.82, 2.24) is 10.2 Å². The number of carbonyl (C=O) groups is 2. The van der Waals surface area contributed by atoms with E-state index in [0.29, 0.717) is 42.2 Å². The maximum atomic E-state index is 12.9. The van der Waals surface area contributed by atoms with E-state index in [9.17, 15) is 9.59 Å². The van der Waals surface area contributed by atoms with Gasteiger partial charge in [-0.3, -0.25) is 14.5 Å². The van der Waals surface area contributed by atoms with Crippen molar-refractivity contribution in [3.63, 3.8) is 0 Å². The molecule has 0 bridgehead atoms. The number of nitrogens with one attached hydrogen (secondary N) is 2. The molecule has 0 aliphatic heterocycles. The first kappa shape index (κ1) is 20.7. The van der Waals surface area contributed by atoms with Crippen LogP contribution in [0.5, 0.6) is 0 Å². The van der Waals surface area contributed by atoms with Crippen molar-refractivity contribution >= 4 is 17.5 Å². The molecule has 0 radical (unpaired) electrons. The lowest BCUT2D eigenvalue weighted by Gasteiger charge is -2.36. The molecule has 6 nitrogen and oxygen atoms in total. The highest BCUT2D eigenvalue weighted by Gasteiger charge is 2.36. The molecule has 0 unspecified atom stereocenters. The van der Waals surface area contributed by atoms with E-state index in [1.165, 1.54) is 38.5 Å². The monoisotopic (exact) mass is 409 g/mol. The van der Waals surface area contributed by atoms with Crippen LogP contribution < -0.4 is 10.6 Å². The van der Waals surface area contributed by atoms with E-state index < -0.39 is 0 Å².